The number of halogens is 1. The maximum absolute atomic E-state index is 6.11. The van der Waals surface area contributed by atoms with Gasteiger partial charge < -0.3 is 10.2 Å². The van der Waals surface area contributed by atoms with E-state index in [9.17, 15) is 0 Å². The standard InChI is InChI=1S/C26H27ClN4/c1-3-31(4-2)26-10-6-8-21(30-26)13-11-19-7-5-9-22(17-19)29-24-15-16-28-25-18-20(27)12-14-23(24)25/h5-10,12,14-18H,3-4,11,13H2,1-2H3,(H,28,29). The zero-order chi connectivity index (χ0) is 21.6. The van der Waals surface area contributed by atoms with Gasteiger partial charge in [0.2, 0.25) is 0 Å². The number of aryl methyl sites for hydroxylation is 2. The van der Waals surface area contributed by atoms with Gasteiger partial charge in [-0.15, -0.1) is 0 Å². The molecule has 0 amide bonds. The van der Waals surface area contributed by atoms with Gasteiger partial charge in [0, 0.05) is 46.8 Å². The summed E-state index contributed by atoms with van der Waals surface area (Å²) in [5, 5.41) is 5.28. The average molecular weight is 431 g/mol. The second-order valence-electron chi connectivity index (χ2n) is 7.50. The van der Waals surface area contributed by atoms with E-state index in [-0.39, 0.29) is 0 Å². The molecule has 0 unspecified atom stereocenters. The lowest BCUT2D eigenvalue weighted by atomic mass is 10.1. The minimum Gasteiger partial charge on any atom is -0.357 e. The average Bonchev–Trinajstić information content (AvgIpc) is 2.79. The van der Waals surface area contributed by atoms with Gasteiger partial charge in [0.1, 0.15) is 5.82 Å². The van der Waals surface area contributed by atoms with Crippen LogP contribution in [0.1, 0.15) is 25.1 Å². The normalized spacial score (nSPS) is 10.9. The van der Waals surface area contributed by atoms with Crippen LogP contribution in [-0.2, 0) is 12.8 Å². The van der Waals surface area contributed by atoms with Crippen molar-refractivity contribution in [3.63, 3.8) is 0 Å². The van der Waals surface area contributed by atoms with Crippen molar-refractivity contribution < 1.29 is 0 Å². The molecule has 0 spiro atoms. The number of rotatable bonds is 8. The van der Waals surface area contributed by atoms with E-state index in [0.29, 0.717) is 5.02 Å². The Labute approximate surface area is 188 Å². The van der Waals surface area contributed by atoms with Gasteiger partial charge in [-0.3, -0.25) is 4.98 Å². The summed E-state index contributed by atoms with van der Waals surface area (Å²) in [5.74, 6) is 1.06. The van der Waals surface area contributed by atoms with E-state index in [1.54, 1.807) is 6.20 Å². The highest BCUT2D eigenvalue weighted by atomic mass is 35.5. The van der Waals surface area contributed by atoms with Crippen LogP contribution in [-0.4, -0.2) is 23.1 Å². The molecule has 2 aromatic heterocycles. The number of fused-ring (bicyclic) bond motifs is 1. The molecule has 0 aliphatic heterocycles. The van der Waals surface area contributed by atoms with Crippen LogP contribution in [0, 0.1) is 0 Å². The summed E-state index contributed by atoms with van der Waals surface area (Å²) in [7, 11) is 0. The first-order valence-electron chi connectivity index (χ1n) is 10.8. The van der Waals surface area contributed by atoms with Gasteiger partial charge in [-0.2, -0.15) is 0 Å². The third-order valence-electron chi connectivity index (χ3n) is 5.46. The maximum Gasteiger partial charge on any atom is 0.128 e. The van der Waals surface area contributed by atoms with Crippen LogP contribution in [0.2, 0.25) is 5.02 Å². The lowest BCUT2D eigenvalue weighted by Gasteiger charge is -2.20. The predicted molar refractivity (Wildman–Crippen MR) is 132 cm³/mol. The molecule has 0 aliphatic carbocycles. The third kappa shape index (κ3) is 5.15. The highest BCUT2D eigenvalue weighted by Gasteiger charge is 2.06. The molecule has 0 fully saturated rings. The van der Waals surface area contributed by atoms with Gasteiger partial charge in [-0.25, -0.2) is 4.98 Å². The van der Waals surface area contributed by atoms with Crippen molar-refractivity contribution in [2.75, 3.05) is 23.3 Å². The van der Waals surface area contributed by atoms with Crippen molar-refractivity contribution in [3.8, 4) is 0 Å². The fraction of sp³-hybridized carbons (Fsp3) is 0.231. The minimum absolute atomic E-state index is 0.692. The molecule has 0 saturated carbocycles. The van der Waals surface area contributed by atoms with E-state index in [1.807, 2.05) is 24.3 Å². The Balaban J connectivity index is 1.48. The van der Waals surface area contributed by atoms with Crippen LogP contribution in [0.5, 0.6) is 0 Å². The molecule has 31 heavy (non-hydrogen) atoms. The van der Waals surface area contributed by atoms with Crippen LogP contribution in [0.15, 0.2) is 72.9 Å². The van der Waals surface area contributed by atoms with E-state index >= 15 is 0 Å². The van der Waals surface area contributed by atoms with Gasteiger partial charge in [0.05, 0.1) is 5.52 Å². The number of anilines is 3. The first-order chi connectivity index (χ1) is 15.2. The summed E-state index contributed by atoms with van der Waals surface area (Å²) in [5.41, 5.74) is 5.37. The van der Waals surface area contributed by atoms with E-state index in [0.717, 1.165) is 59.7 Å². The summed E-state index contributed by atoms with van der Waals surface area (Å²) in [4.78, 5) is 11.6. The summed E-state index contributed by atoms with van der Waals surface area (Å²) < 4.78 is 0. The lowest BCUT2D eigenvalue weighted by Crippen LogP contribution is -2.23. The Bertz CT molecular complexity index is 1170. The Morgan fingerprint density at radius 3 is 2.58 bits per heavy atom. The van der Waals surface area contributed by atoms with Gasteiger partial charge in [-0.05, 0) is 80.8 Å². The van der Waals surface area contributed by atoms with Crippen LogP contribution >= 0.6 is 11.6 Å². The van der Waals surface area contributed by atoms with E-state index < -0.39 is 0 Å². The largest absolute Gasteiger partial charge is 0.357 e. The van der Waals surface area contributed by atoms with Gasteiger partial charge in [-0.1, -0.05) is 29.8 Å². The Kier molecular flexibility index (Phi) is 6.68. The molecule has 0 atom stereocenters. The number of pyridine rings is 2. The van der Waals surface area contributed by atoms with Crippen LogP contribution < -0.4 is 10.2 Å². The van der Waals surface area contributed by atoms with Gasteiger partial charge in [0.25, 0.3) is 0 Å². The monoisotopic (exact) mass is 430 g/mol. The second kappa shape index (κ2) is 9.80. The Hall–Kier alpha value is -3.11. The SMILES string of the molecule is CCN(CC)c1cccc(CCc2cccc(Nc3ccnc4cc(Cl)ccc34)c2)n1. The number of nitrogens with one attached hydrogen (secondary N) is 1. The summed E-state index contributed by atoms with van der Waals surface area (Å²) in [6, 6.07) is 22.6. The number of benzene rings is 2. The molecule has 0 aliphatic rings. The van der Waals surface area contributed by atoms with Crippen molar-refractivity contribution in [1.82, 2.24) is 9.97 Å². The molecule has 158 valence electrons. The summed E-state index contributed by atoms with van der Waals surface area (Å²) in [6.45, 7) is 6.26. The molecule has 5 heteroatoms. The summed E-state index contributed by atoms with van der Waals surface area (Å²) >= 11 is 6.11. The van der Waals surface area contributed by atoms with Crippen LogP contribution in [0.25, 0.3) is 10.9 Å². The minimum atomic E-state index is 0.692. The molecule has 2 heterocycles. The van der Waals surface area contributed by atoms with Crippen molar-refractivity contribution in [2.45, 2.75) is 26.7 Å². The third-order valence-corrected chi connectivity index (χ3v) is 5.70. The van der Waals surface area contributed by atoms with E-state index in [2.05, 4.69) is 71.5 Å². The van der Waals surface area contributed by atoms with Crippen molar-refractivity contribution in [3.05, 3.63) is 89.2 Å². The molecule has 4 rings (SSSR count). The molecule has 2 aromatic carbocycles. The second-order valence-corrected chi connectivity index (χ2v) is 7.94. The number of hydrogen-bond acceptors (Lipinski definition) is 4. The fourth-order valence-electron chi connectivity index (χ4n) is 3.79. The number of hydrogen-bond donors (Lipinski definition) is 1. The van der Waals surface area contributed by atoms with Crippen LogP contribution in [0.4, 0.5) is 17.2 Å². The molecular formula is C26H27ClN4. The van der Waals surface area contributed by atoms with Gasteiger partial charge >= 0.3 is 0 Å². The van der Waals surface area contributed by atoms with Crippen molar-refractivity contribution in [2.24, 2.45) is 0 Å². The first-order valence-corrected chi connectivity index (χ1v) is 11.1. The number of aromatic nitrogens is 2. The molecule has 4 aromatic rings. The number of nitrogens with zero attached hydrogens (tertiary/aromatic N) is 3. The smallest absolute Gasteiger partial charge is 0.128 e. The quantitative estimate of drug-likeness (QED) is 0.339. The molecule has 0 saturated heterocycles. The van der Waals surface area contributed by atoms with Gasteiger partial charge in [0.15, 0.2) is 0 Å². The lowest BCUT2D eigenvalue weighted by molar-refractivity contribution is 0.828. The zero-order valence-corrected chi connectivity index (χ0v) is 18.7. The highest BCUT2D eigenvalue weighted by Crippen LogP contribution is 2.27. The molecular weight excluding hydrogens is 404 g/mol. The zero-order valence-electron chi connectivity index (χ0n) is 18.0. The Morgan fingerprint density at radius 2 is 1.74 bits per heavy atom. The highest BCUT2D eigenvalue weighted by molar-refractivity contribution is 6.31. The molecule has 4 nitrogen and oxygen atoms in total. The van der Waals surface area contributed by atoms with Crippen molar-refractivity contribution in [1.29, 1.82) is 0 Å². The van der Waals surface area contributed by atoms with E-state index in [4.69, 9.17) is 16.6 Å². The predicted octanol–water partition coefficient (Wildman–Crippen LogP) is 6.66. The Morgan fingerprint density at radius 1 is 0.903 bits per heavy atom. The first kappa shape index (κ1) is 21.1. The molecule has 0 radical (unpaired) electrons. The van der Waals surface area contributed by atoms with E-state index in [1.165, 1.54) is 5.56 Å². The summed E-state index contributed by atoms with van der Waals surface area (Å²) in [6.07, 6.45) is 3.66. The topological polar surface area (TPSA) is 41.0 Å². The molecule has 1 N–H and O–H groups in total. The fourth-order valence-corrected chi connectivity index (χ4v) is 3.96. The van der Waals surface area contributed by atoms with Crippen molar-refractivity contribution >= 4 is 39.7 Å². The molecule has 0 bridgehead atoms. The maximum atomic E-state index is 6.11. The van der Waals surface area contributed by atoms with Crippen LogP contribution in [0.3, 0.4) is 0 Å².